The second kappa shape index (κ2) is 5.53. The van der Waals surface area contributed by atoms with E-state index in [0.29, 0.717) is 0 Å². The number of fused-ring (bicyclic) bond motifs is 7. The van der Waals surface area contributed by atoms with Crippen molar-refractivity contribution in [3.05, 3.63) is 166 Å². The Bertz CT molecular complexity index is 1810. The predicted octanol–water partition coefficient (Wildman–Crippen LogP) is 8.19. The largest absolute Gasteiger partial charge is 0.0723 e. The van der Waals surface area contributed by atoms with Gasteiger partial charge in [0.25, 0.3) is 0 Å². The third-order valence-corrected chi connectivity index (χ3v) is 9.64. The third-order valence-electron chi connectivity index (χ3n) is 9.64. The summed E-state index contributed by atoms with van der Waals surface area (Å²) >= 11 is 0. The third kappa shape index (κ3) is 1.51. The highest BCUT2D eigenvalue weighted by Gasteiger charge is 2.66. The van der Waals surface area contributed by atoms with Crippen LogP contribution >= 0.6 is 0 Å². The quantitative estimate of drug-likeness (QED) is 0.218. The molecule has 0 radical (unpaired) electrons. The Balaban J connectivity index is 1.63. The molecule has 0 aromatic heterocycles. The molecular weight excluding hydrogens is 432 g/mol. The van der Waals surface area contributed by atoms with E-state index in [1.54, 1.807) is 0 Å². The van der Waals surface area contributed by atoms with Gasteiger partial charge in [-0.05, 0) is 77.5 Å². The normalized spacial score (nSPS) is 22.1. The van der Waals surface area contributed by atoms with Gasteiger partial charge in [0.05, 0.1) is 10.8 Å². The van der Waals surface area contributed by atoms with Crippen molar-refractivity contribution >= 4 is 10.8 Å². The van der Waals surface area contributed by atoms with Crippen LogP contribution in [0.4, 0.5) is 0 Å². The summed E-state index contributed by atoms with van der Waals surface area (Å²) in [6.45, 7) is 0. The first-order valence-corrected chi connectivity index (χ1v) is 12.9. The SMILES string of the molecule is c1ccc2c(c1)-c1c3c4c(c5ccccc15)-c1ccccc1C41c4ccccc4C23c2ccccc21. The summed E-state index contributed by atoms with van der Waals surface area (Å²) in [7, 11) is 0. The van der Waals surface area contributed by atoms with E-state index in [4.69, 9.17) is 0 Å². The molecule has 0 atom stereocenters. The Morgan fingerprint density at radius 1 is 0.306 bits per heavy atom. The van der Waals surface area contributed by atoms with Crippen molar-refractivity contribution in [1.29, 1.82) is 0 Å². The average Bonchev–Trinajstić information content (AvgIpc) is 3.44. The van der Waals surface area contributed by atoms with Crippen LogP contribution in [0.2, 0.25) is 0 Å². The lowest BCUT2D eigenvalue weighted by Gasteiger charge is -2.54. The van der Waals surface area contributed by atoms with Crippen molar-refractivity contribution in [2.45, 2.75) is 10.8 Å². The Kier molecular flexibility index (Phi) is 2.75. The zero-order valence-corrected chi connectivity index (χ0v) is 19.5. The minimum Gasteiger partial charge on any atom is -0.0619 e. The zero-order chi connectivity index (χ0) is 23.2. The summed E-state index contributed by atoms with van der Waals surface area (Å²) in [4.78, 5) is 0. The molecule has 0 heteroatoms. The van der Waals surface area contributed by atoms with Gasteiger partial charge in [-0.15, -0.1) is 0 Å². The summed E-state index contributed by atoms with van der Waals surface area (Å²) < 4.78 is 0. The molecule has 0 N–H and O–H groups in total. The van der Waals surface area contributed by atoms with E-state index in [2.05, 4.69) is 121 Å². The molecule has 6 aromatic carbocycles. The molecule has 164 valence electrons. The molecule has 0 amide bonds. The average molecular weight is 453 g/mol. The molecule has 11 rings (SSSR count). The molecular formula is C36H20. The molecule has 2 spiro atoms. The Labute approximate surface area is 209 Å². The van der Waals surface area contributed by atoms with E-state index in [1.165, 1.54) is 77.5 Å². The van der Waals surface area contributed by atoms with Crippen LogP contribution in [-0.2, 0) is 10.8 Å². The van der Waals surface area contributed by atoms with E-state index in [0.717, 1.165) is 0 Å². The maximum atomic E-state index is 2.41. The monoisotopic (exact) mass is 452 g/mol. The summed E-state index contributed by atoms with van der Waals surface area (Å²) in [5.74, 6) is 0. The summed E-state index contributed by atoms with van der Waals surface area (Å²) in [6.07, 6.45) is 0. The van der Waals surface area contributed by atoms with Crippen LogP contribution in [0.15, 0.2) is 121 Å². The maximum Gasteiger partial charge on any atom is 0.0723 e. The van der Waals surface area contributed by atoms with Gasteiger partial charge in [-0.3, -0.25) is 0 Å². The Morgan fingerprint density at radius 2 is 0.611 bits per heavy atom. The van der Waals surface area contributed by atoms with Gasteiger partial charge in [-0.25, -0.2) is 0 Å². The van der Waals surface area contributed by atoms with Crippen molar-refractivity contribution in [1.82, 2.24) is 0 Å². The molecule has 0 fully saturated rings. The lowest BCUT2D eigenvalue weighted by Crippen LogP contribution is -2.49. The molecule has 36 heavy (non-hydrogen) atoms. The van der Waals surface area contributed by atoms with Gasteiger partial charge in [-0.1, -0.05) is 121 Å². The van der Waals surface area contributed by atoms with Crippen LogP contribution in [-0.4, -0.2) is 0 Å². The smallest absolute Gasteiger partial charge is 0.0619 e. The van der Waals surface area contributed by atoms with E-state index < -0.39 is 0 Å². The maximum absolute atomic E-state index is 2.41. The molecule has 0 nitrogen and oxygen atoms in total. The molecule has 0 aliphatic heterocycles. The van der Waals surface area contributed by atoms with Crippen LogP contribution in [0.1, 0.15) is 44.5 Å². The lowest BCUT2D eigenvalue weighted by molar-refractivity contribution is 0.578. The minimum atomic E-state index is -0.281. The summed E-state index contributed by atoms with van der Waals surface area (Å²) in [5.41, 5.74) is 16.9. The van der Waals surface area contributed by atoms with Gasteiger partial charge >= 0.3 is 0 Å². The molecule has 0 saturated heterocycles. The summed E-state index contributed by atoms with van der Waals surface area (Å²) in [5, 5.41) is 2.76. The number of benzene rings is 6. The molecule has 0 unspecified atom stereocenters. The first-order valence-electron chi connectivity index (χ1n) is 12.9. The minimum absolute atomic E-state index is 0.281. The second-order valence-corrected chi connectivity index (χ2v) is 10.7. The van der Waals surface area contributed by atoms with Gasteiger partial charge in [0.15, 0.2) is 0 Å². The lowest BCUT2D eigenvalue weighted by atomic mass is 9.46. The van der Waals surface area contributed by atoms with E-state index in [-0.39, 0.29) is 10.8 Å². The topological polar surface area (TPSA) is 0 Å². The van der Waals surface area contributed by atoms with Crippen molar-refractivity contribution in [3.8, 4) is 22.3 Å². The highest BCUT2D eigenvalue weighted by molar-refractivity contribution is 6.16. The van der Waals surface area contributed by atoms with Crippen molar-refractivity contribution in [3.63, 3.8) is 0 Å². The number of hydrogen-bond donors (Lipinski definition) is 0. The molecule has 5 aliphatic rings. The predicted molar refractivity (Wildman–Crippen MR) is 146 cm³/mol. The molecule has 6 aromatic rings. The van der Waals surface area contributed by atoms with Crippen LogP contribution in [0, 0.1) is 0 Å². The highest BCUT2D eigenvalue weighted by atomic mass is 14.7. The standard InChI is InChI=1S/C36H20/c1-2-12-22-21(11-1)31-23-13-3-5-15-25(23)35-27-17-7-9-19-29(27)36(30-20-10-8-18-28(30)35)26-16-6-4-14-24(26)32(22)34(36)33(31)35/h1-20H. The van der Waals surface area contributed by atoms with Crippen LogP contribution in [0.25, 0.3) is 33.0 Å². The van der Waals surface area contributed by atoms with E-state index in [1.807, 2.05) is 0 Å². The van der Waals surface area contributed by atoms with Gasteiger partial charge in [0.1, 0.15) is 0 Å². The number of hydrogen-bond acceptors (Lipinski definition) is 0. The molecule has 0 heterocycles. The van der Waals surface area contributed by atoms with Gasteiger partial charge in [-0.2, -0.15) is 0 Å². The van der Waals surface area contributed by atoms with E-state index in [9.17, 15) is 0 Å². The van der Waals surface area contributed by atoms with Crippen LogP contribution in [0.5, 0.6) is 0 Å². The second-order valence-electron chi connectivity index (χ2n) is 10.7. The first-order chi connectivity index (χ1) is 17.9. The molecule has 5 aliphatic carbocycles. The van der Waals surface area contributed by atoms with Gasteiger partial charge in [0, 0.05) is 0 Å². The van der Waals surface area contributed by atoms with Crippen molar-refractivity contribution in [2.75, 3.05) is 0 Å². The van der Waals surface area contributed by atoms with Gasteiger partial charge < -0.3 is 0 Å². The first kappa shape index (κ1) is 17.9. The van der Waals surface area contributed by atoms with Crippen molar-refractivity contribution < 1.29 is 0 Å². The van der Waals surface area contributed by atoms with Gasteiger partial charge in [0.2, 0.25) is 0 Å². The fourth-order valence-electron chi connectivity index (χ4n) is 8.76. The molecule has 0 saturated carbocycles. The van der Waals surface area contributed by atoms with Crippen LogP contribution < -0.4 is 0 Å². The Hall–Kier alpha value is -4.42. The van der Waals surface area contributed by atoms with Crippen molar-refractivity contribution in [2.24, 2.45) is 0 Å². The summed E-state index contributed by atoms with van der Waals surface area (Å²) in [6, 6.07) is 46.2. The zero-order valence-electron chi connectivity index (χ0n) is 19.5. The fourth-order valence-corrected chi connectivity index (χ4v) is 8.76. The van der Waals surface area contributed by atoms with Crippen LogP contribution in [0.3, 0.4) is 0 Å². The Morgan fingerprint density at radius 3 is 1.00 bits per heavy atom. The number of rotatable bonds is 0. The fraction of sp³-hybridized carbons (Fsp3) is 0.0556. The van der Waals surface area contributed by atoms with E-state index >= 15 is 0 Å². The molecule has 2 bridgehead atoms. The highest BCUT2D eigenvalue weighted by Crippen LogP contribution is 2.75.